The van der Waals surface area contributed by atoms with Crippen molar-refractivity contribution in [2.45, 2.75) is 46.7 Å². The fraction of sp³-hybridized carbons (Fsp3) is 0.579. The number of amides is 1. The molecule has 0 unspecified atom stereocenters. The normalized spacial score (nSPS) is 11.9. The molecule has 1 rings (SSSR count). The van der Waals surface area contributed by atoms with Gasteiger partial charge in [-0.25, -0.2) is 4.99 Å². The molecule has 0 bridgehead atoms. The average molecular weight is 348 g/mol. The van der Waals surface area contributed by atoms with Gasteiger partial charge in [0.05, 0.1) is 20.2 Å². The highest BCUT2D eigenvalue weighted by atomic mass is 16.5. The van der Waals surface area contributed by atoms with Gasteiger partial charge < -0.3 is 20.3 Å². The van der Waals surface area contributed by atoms with E-state index in [1.165, 1.54) is 0 Å². The highest BCUT2D eigenvalue weighted by Crippen LogP contribution is 2.17. The number of likely N-dealkylation sites (N-methyl/N-ethyl adjacent to an activating group) is 1. The Bertz CT molecular complexity index is 606. The van der Waals surface area contributed by atoms with Crippen LogP contribution in [0, 0.1) is 6.92 Å². The lowest BCUT2D eigenvalue weighted by Gasteiger charge is -2.25. The monoisotopic (exact) mass is 348 g/mol. The summed E-state index contributed by atoms with van der Waals surface area (Å²) in [5.41, 5.74) is 1.96. The Balaban J connectivity index is 2.82. The molecule has 0 radical (unpaired) electrons. The van der Waals surface area contributed by atoms with Crippen molar-refractivity contribution in [2.75, 3.05) is 27.2 Å². The molecule has 6 nitrogen and oxygen atoms in total. The van der Waals surface area contributed by atoms with Crippen molar-refractivity contribution in [1.29, 1.82) is 0 Å². The molecule has 25 heavy (non-hydrogen) atoms. The zero-order valence-corrected chi connectivity index (χ0v) is 16.6. The molecule has 0 heterocycles. The molecule has 0 spiro atoms. The van der Waals surface area contributed by atoms with Crippen LogP contribution < -0.4 is 15.4 Å². The number of rotatable bonds is 6. The first kappa shape index (κ1) is 20.8. The molecular weight excluding hydrogens is 316 g/mol. The van der Waals surface area contributed by atoms with E-state index >= 15 is 0 Å². The molecule has 0 aromatic heterocycles. The van der Waals surface area contributed by atoms with Crippen LogP contribution in [0.5, 0.6) is 5.75 Å². The van der Waals surface area contributed by atoms with E-state index in [1.54, 1.807) is 7.11 Å². The number of hydrogen-bond donors (Lipinski definition) is 2. The van der Waals surface area contributed by atoms with Gasteiger partial charge in [-0.2, -0.15) is 0 Å². The SMILES string of the molecule is CCNC(=NCc1cc(C)cc(OC)c1)N(C)CC(=O)NC(C)(C)C. The third-order valence-electron chi connectivity index (χ3n) is 3.35. The third kappa shape index (κ3) is 7.92. The number of aliphatic imine (C=N–C) groups is 1. The van der Waals surface area contributed by atoms with Crippen molar-refractivity contribution in [3.63, 3.8) is 0 Å². The first-order valence-corrected chi connectivity index (χ1v) is 8.59. The summed E-state index contributed by atoms with van der Waals surface area (Å²) in [6, 6.07) is 6.05. The molecular formula is C19H32N4O2. The molecule has 0 aliphatic rings. The molecule has 0 aliphatic heterocycles. The largest absolute Gasteiger partial charge is 0.497 e. The van der Waals surface area contributed by atoms with Gasteiger partial charge in [0.2, 0.25) is 5.91 Å². The zero-order valence-electron chi connectivity index (χ0n) is 16.6. The third-order valence-corrected chi connectivity index (χ3v) is 3.35. The Morgan fingerprint density at radius 2 is 1.96 bits per heavy atom. The average Bonchev–Trinajstić information content (AvgIpc) is 2.48. The topological polar surface area (TPSA) is 66.0 Å². The second-order valence-electron chi connectivity index (χ2n) is 7.18. The van der Waals surface area contributed by atoms with Crippen molar-refractivity contribution in [2.24, 2.45) is 4.99 Å². The molecule has 0 aliphatic carbocycles. The number of carbonyl (C=O) groups is 1. The lowest BCUT2D eigenvalue weighted by atomic mass is 10.1. The summed E-state index contributed by atoms with van der Waals surface area (Å²) in [6.07, 6.45) is 0. The zero-order chi connectivity index (χ0) is 19.0. The molecule has 2 N–H and O–H groups in total. The highest BCUT2D eigenvalue weighted by Gasteiger charge is 2.16. The first-order chi connectivity index (χ1) is 11.6. The molecule has 140 valence electrons. The van der Waals surface area contributed by atoms with Gasteiger partial charge in [-0.1, -0.05) is 6.07 Å². The summed E-state index contributed by atoms with van der Waals surface area (Å²) >= 11 is 0. The standard InChI is InChI=1S/C19H32N4O2/c1-8-20-18(23(6)13-17(24)22-19(3,4)5)21-12-15-9-14(2)10-16(11-15)25-7/h9-11H,8,12-13H2,1-7H3,(H,20,21)(H,22,24). The van der Waals surface area contributed by atoms with Crippen LogP contribution in [0.4, 0.5) is 0 Å². The minimum Gasteiger partial charge on any atom is -0.497 e. The van der Waals surface area contributed by atoms with E-state index in [0.717, 1.165) is 23.4 Å². The van der Waals surface area contributed by atoms with Gasteiger partial charge >= 0.3 is 0 Å². The smallest absolute Gasteiger partial charge is 0.240 e. The predicted octanol–water partition coefficient (Wildman–Crippen LogP) is 2.32. The maximum Gasteiger partial charge on any atom is 0.240 e. The minimum absolute atomic E-state index is 0.0298. The van der Waals surface area contributed by atoms with Crippen LogP contribution in [-0.2, 0) is 11.3 Å². The van der Waals surface area contributed by atoms with Gasteiger partial charge in [0.15, 0.2) is 5.96 Å². The summed E-state index contributed by atoms with van der Waals surface area (Å²) in [6.45, 7) is 11.4. The summed E-state index contributed by atoms with van der Waals surface area (Å²) in [4.78, 5) is 18.6. The van der Waals surface area contributed by atoms with Gasteiger partial charge in [-0.15, -0.1) is 0 Å². The quantitative estimate of drug-likeness (QED) is 0.612. The van der Waals surface area contributed by atoms with E-state index in [1.807, 2.05) is 58.7 Å². The van der Waals surface area contributed by atoms with Crippen LogP contribution in [0.3, 0.4) is 0 Å². The van der Waals surface area contributed by atoms with Gasteiger partial charge in [-0.3, -0.25) is 4.79 Å². The van der Waals surface area contributed by atoms with Crippen molar-refractivity contribution >= 4 is 11.9 Å². The number of ether oxygens (including phenoxy) is 1. The van der Waals surface area contributed by atoms with E-state index in [9.17, 15) is 4.79 Å². The van der Waals surface area contributed by atoms with E-state index < -0.39 is 0 Å². The number of nitrogens with one attached hydrogen (secondary N) is 2. The van der Waals surface area contributed by atoms with Crippen LogP contribution in [0.1, 0.15) is 38.8 Å². The second kappa shape index (κ2) is 9.30. The van der Waals surface area contributed by atoms with E-state index in [-0.39, 0.29) is 18.0 Å². The van der Waals surface area contributed by atoms with Crippen LogP contribution in [0.25, 0.3) is 0 Å². The summed E-state index contributed by atoms with van der Waals surface area (Å²) in [7, 11) is 3.52. The molecule has 0 saturated carbocycles. The fourth-order valence-electron chi connectivity index (χ4n) is 2.42. The lowest BCUT2D eigenvalue weighted by molar-refractivity contribution is -0.122. The molecule has 6 heteroatoms. The number of nitrogens with zero attached hydrogens (tertiary/aromatic N) is 2. The Labute approximate surface area is 151 Å². The Hall–Kier alpha value is -2.24. The minimum atomic E-state index is -0.245. The number of carbonyl (C=O) groups excluding carboxylic acids is 1. The molecule has 0 fully saturated rings. The van der Waals surface area contributed by atoms with Gasteiger partial charge in [0.1, 0.15) is 5.75 Å². The number of aryl methyl sites for hydroxylation is 1. The number of guanidine groups is 1. The molecule has 1 amide bonds. The van der Waals surface area contributed by atoms with Gasteiger partial charge in [-0.05, 0) is 57.9 Å². The molecule has 1 aromatic carbocycles. The number of benzene rings is 1. The Morgan fingerprint density at radius 3 is 2.52 bits per heavy atom. The fourth-order valence-corrected chi connectivity index (χ4v) is 2.42. The highest BCUT2D eigenvalue weighted by molar-refractivity contribution is 5.86. The first-order valence-electron chi connectivity index (χ1n) is 8.59. The summed E-state index contributed by atoms with van der Waals surface area (Å²) in [5, 5.41) is 6.19. The number of hydrogen-bond acceptors (Lipinski definition) is 3. The summed E-state index contributed by atoms with van der Waals surface area (Å²) in [5.74, 6) is 1.50. The van der Waals surface area contributed by atoms with E-state index in [0.29, 0.717) is 12.5 Å². The Kier molecular flexibility index (Phi) is 7.74. The lowest BCUT2D eigenvalue weighted by Crippen LogP contribution is -2.48. The van der Waals surface area contributed by atoms with Crippen molar-refractivity contribution < 1.29 is 9.53 Å². The van der Waals surface area contributed by atoms with E-state index in [2.05, 4.69) is 21.7 Å². The van der Waals surface area contributed by atoms with Gasteiger partial charge in [0.25, 0.3) is 0 Å². The maximum atomic E-state index is 12.1. The number of methoxy groups -OCH3 is 1. The van der Waals surface area contributed by atoms with Gasteiger partial charge in [0, 0.05) is 19.1 Å². The predicted molar refractivity (Wildman–Crippen MR) is 103 cm³/mol. The van der Waals surface area contributed by atoms with Crippen LogP contribution >= 0.6 is 0 Å². The second-order valence-corrected chi connectivity index (χ2v) is 7.18. The maximum absolute atomic E-state index is 12.1. The van der Waals surface area contributed by atoms with Crippen molar-refractivity contribution in [1.82, 2.24) is 15.5 Å². The summed E-state index contributed by atoms with van der Waals surface area (Å²) < 4.78 is 5.31. The van der Waals surface area contributed by atoms with Crippen molar-refractivity contribution in [3.05, 3.63) is 29.3 Å². The van der Waals surface area contributed by atoms with Crippen LogP contribution in [-0.4, -0.2) is 49.6 Å². The van der Waals surface area contributed by atoms with Crippen LogP contribution in [0.15, 0.2) is 23.2 Å². The molecule has 0 saturated heterocycles. The van der Waals surface area contributed by atoms with E-state index in [4.69, 9.17) is 4.74 Å². The molecule has 1 aromatic rings. The Morgan fingerprint density at radius 1 is 1.28 bits per heavy atom. The van der Waals surface area contributed by atoms with Crippen LogP contribution in [0.2, 0.25) is 0 Å². The molecule has 0 atom stereocenters. The van der Waals surface area contributed by atoms with Crippen molar-refractivity contribution in [3.8, 4) is 5.75 Å².